The zero-order valence-corrected chi connectivity index (χ0v) is 10.6. The molecule has 0 aromatic carbocycles. The van der Waals surface area contributed by atoms with Gasteiger partial charge in [-0.15, -0.1) is 0 Å². The highest BCUT2D eigenvalue weighted by Gasteiger charge is 2.21. The second-order valence-corrected chi connectivity index (χ2v) is 4.35. The third-order valence-electron chi connectivity index (χ3n) is 2.28. The van der Waals surface area contributed by atoms with E-state index in [1.165, 1.54) is 6.20 Å². The summed E-state index contributed by atoms with van der Waals surface area (Å²) in [6.45, 7) is 7.33. The zero-order chi connectivity index (χ0) is 13.5. The first-order valence-corrected chi connectivity index (χ1v) is 5.76. The number of aromatic amines is 1. The monoisotopic (exact) mass is 250 g/mol. The Morgan fingerprint density at radius 3 is 2.78 bits per heavy atom. The normalized spacial score (nSPS) is 11.9. The standard InChI is InChI=1S/C12H18N4O2/c1-4-11(17)14-9(7-8(2)3)12(18)15-10-5-6-13-16-10/h4-6,8-9H,1,7H2,2-3H3,(H,14,17)(H2,13,15,16,18)/t9-/m0/s1. The molecule has 18 heavy (non-hydrogen) atoms. The first-order chi connectivity index (χ1) is 8.52. The van der Waals surface area contributed by atoms with Crippen molar-refractivity contribution in [1.29, 1.82) is 0 Å². The number of rotatable bonds is 6. The van der Waals surface area contributed by atoms with Crippen molar-refractivity contribution in [3.05, 3.63) is 24.9 Å². The maximum atomic E-state index is 12.0. The van der Waals surface area contributed by atoms with Crippen LogP contribution in [-0.4, -0.2) is 28.1 Å². The third-order valence-corrected chi connectivity index (χ3v) is 2.28. The lowest BCUT2D eigenvalue weighted by Gasteiger charge is -2.18. The summed E-state index contributed by atoms with van der Waals surface area (Å²) >= 11 is 0. The third kappa shape index (κ3) is 4.40. The lowest BCUT2D eigenvalue weighted by Crippen LogP contribution is -2.44. The van der Waals surface area contributed by atoms with Crippen molar-refractivity contribution in [3.63, 3.8) is 0 Å². The van der Waals surface area contributed by atoms with Crippen molar-refractivity contribution >= 4 is 17.6 Å². The van der Waals surface area contributed by atoms with Gasteiger partial charge in [0.1, 0.15) is 11.9 Å². The van der Waals surface area contributed by atoms with E-state index >= 15 is 0 Å². The van der Waals surface area contributed by atoms with Gasteiger partial charge in [0, 0.05) is 6.07 Å². The van der Waals surface area contributed by atoms with E-state index in [0.717, 1.165) is 6.08 Å². The van der Waals surface area contributed by atoms with Gasteiger partial charge in [-0.2, -0.15) is 5.10 Å². The summed E-state index contributed by atoms with van der Waals surface area (Å²) in [5.41, 5.74) is 0. The number of carbonyl (C=O) groups is 2. The van der Waals surface area contributed by atoms with Crippen molar-refractivity contribution in [2.24, 2.45) is 5.92 Å². The van der Waals surface area contributed by atoms with Gasteiger partial charge in [0.05, 0.1) is 6.20 Å². The molecule has 1 atom stereocenters. The number of hydrogen-bond acceptors (Lipinski definition) is 3. The number of nitrogens with one attached hydrogen (secondary N) is 3. The summed E-state index contributed by atoms with van der Waals surface area (Å²) in [5.74, 6) is 0.151. The molecule has 0 spiro atoms. The van der Waals surface area contributed by atoms with Gasteiger partial charge in [0.15, 0.2) is 0 Å². The van der Waals surface area contributed by atoms with Gasteiger partial charge in [-0.3, -0.25) is 14.7 Å². The predicted octanol–water partition coefficient (Wildman–Crippen LogP) is 1.07. The molecular weight excluding hydrogens is 232 g/mol. The molecule has 0 saturated heterocycles. The molecular formula is C12H18N4O2. The van der Waals surface area contributed by atoms with Gasteiger partial charge in [0.25, 0.3) is 0 Å². The Hall–Kier alpha value is -2.11. The fraction of sp³-hybridized carbons (Fsp3) is 0.417. The van der Waals surface area contributed by atoms with Crippen molar-refractivity contribution in [3.8, 4) is 0 Å². The van der Waals surface area contributed by atoms with Gasteiger partial charge in [-0.25, -0.2) is 0 Å². The predicted molar refractivity (Wildman–Crippen MR) is 68.8 cm³/mol. The average Bonchev–Trinajstić information content (AvgIpc) is 2.80. The van der Waals surface area contributed by atoms with Gasteiger partial charge < -0.3 is 10.6 Å². The van der Waals surface area contributed by atoms with E-state index in [1.54, 1.807) is 6.07 Å². The molecule has 0 radical (unpaired) electrons. The lowest BCUT2D eigenvalue weighted by atomic mass is 10.0. The first kappa shape index (κ1) is 14.0. The van der Waals surface area contributed by atoms with E-state index in [2.05, 4.69) is 27.4 Å². The van der Waals surface area contributed by atoms with Gasteiger partial charge in [0.2, 0.25) is 11.8 Å². The molecule has 3 N–H and O–H groups in total. The summed E-state index contributed by atoms with van der Waals surface area (Å²) < 4.78 is 0. The maximum absolute atomic E-state index is 12.0. The smallest absolute Gasteiger partial charge is 0.248 e. The summed E-state index contributed by atoms with van der Waals surface area (Å²) in [6.07, 6.45) is 3.24. The molecule has 0 aliphatic carbocycles. The number of aromatic nitrogens is 2. The molecule has 0 aliphatic heterocycles. The van der Waals surface area contributed by atoms with E-state index in [4.69, 9.17) is 0 Å². The molecule has 1 aromatic rings. The quantitative estimate of drug-likeness (QED) is 0.660. The first-order valence-electron chi connectivity index (χ1n) is 5.76. The van der Waals surface area contributed by atoms with Crippen LogP contribution in [0.1, 0.15) is 20.3 Å². The molecule has 98 valence electrons. The zero-order valence-electron chi connectivity index (χ0n) is 10.6. The highest BCUT2D eigenvalue weighted by Crippen LogP contribution is 2.08. The average molecular weight is 250 g/mol. The van der Waals surface area contributed by atoms with Gasteiger partial charge in [-0.1, -0.05) is 20.4 Å². The number of amides is 2. The molecule has 2 amide bonds. The molecule has 0 unspecified atom stereocenters. The highest BCUT2D eigenvalue weighted by atomic mass is 16.2. The Kier molecular flexibility index (Phi) is 5.10. The summed E-state index contributed by atoms with van der Waals surface area (Å²) in [4.78, 5) is 23.3. The van der Waals surface area contributed by atoms with Crippen LogP contribution in [0.15, 0.2) is 24.9 Å². The number of anilines is 1. The minimum atomic E-state index is -0.584. The molecule has 6 nitrogen and oxygen atoms in total. The highest BCUT2D eigenvalue weighted by molar-refractivity contribution is 5.98. The molecule has 0 aliphatic rings. The van der Waals surface area contributed by atoms with Crippen LogP contribution in [0.2, 0.25) is 0 Å². The minimum Gasteiger partial charge on any atom is -0.341 e. The van der Waals surface area contributed by atoms with E-state index in [-0.39, 0.29) is 17.7 Å². The number of H-pyrrole nitrogens is 1. The van der Waals surface area contributed by atoms with Crippen LogP contribution in [0.3, 0.4) is 0 Å². The van der Waals surface area contributed by atoms with E-state index in [0.29, 0.717) is 12.2 Å². The van der Waals surface area contributed by atoms with Crippen molar-refractivity contribution in [2.75, 3.05) is 5.32 Å². The second kappa shape index (κ2) is 6.58. The Morgan fingerprint density at radius 1 is 1.56 bits per heavy atom. The van der Waals surface area contributed by atoms with Crippen LogP contribution in [0.5, 0.6) is 0 Å². The van der Waals surface area contributed by atoms with E-state index < -0.39 is 6.04 Å². The Balaban J connectivity index is 2.65. The summed E-state index contributed by atoms with van der Waals surface area (Å²) in [7, 11) is 0. The van der Waals surface area contributed by atoms with Crippen LogP contribution in [0.4, 0.5) is 5.82 Å². The maximum Gasteiger partial charge on any atom is 0.248 e. The summed E-state index contributed by atoms with van der Waals surface area (Å²) in [6, 6.07) is 1.05. The van der Waals surface area contributed by atoms with Crippen LogP contribution in [0.25, 0.3) is 0 Å². The topological polar surface area (TPSA) is 86.9 Å². The molecule has 0 saturated carbocycles. The molecule has 0 bridgehead atoms. The second-order valence-electron chi connectivity index (χ2n) is 4.35. The van der Waals surface area contributed by atoms with E-state index in [1.807, 2.05) is 13.8 Å². The minimum absolute atomic E-state index is 0.275. The van der Waals surface area contributed by atoms with Crippen LogP contribution >= 0.6 is 0 Å². The van der Waals surface area contributed by atoms with Crippen LogP contribution in [0, 0.1) is 5.92 Å². The van der Waals surface area contributed by atoms with Crippen molar-refractivity contribution in [2.45, 2.75) is 26.3 Å². The van der Waals surface area contributed by atoms with Crippen LogP contribution < -0.4 is 10.6 Å². The molecule has 1 rings (SSSR count). The molecule has 1 heterocycles. The Bertz CT molecular complexity index is 412. The summed E-state index contributed by atoms with van der Waals surface area (Å²) in [5, 5.41) is 11.6. The van der Waals surface area contributed by atoms with Gasteiger partial charge in [-0.05, 0) is 18.4 Å². The molecule has 1 aromatic heterocycles. The fourth-order valence-electron chi connectivity index (χ4n) is 1.48. The largest absolute Gasteiger partial charge is 0.341 e. The van der Waals surface area contributed by atoms with Crippen molar-refractivity contribution < 1.29 is 9.59 Å². The van der Waals surface area contributed by atoms with Gasteiger partial charge >= 0.3 is 0 Å². The fourth-order valence-corrected chi connectivity index (χ4v) is 1.48. The van der Waals surface area contributed by atoms with Crippen LogP contribution in [-0.2, 0) is 9.59 Å². The molecule has 0 fully saturated rings. The Morgan fingerprint density at radius 2 is 2.28 bits per heavy atom. The number of hydrogen-bond donors (Lipinski definition) is 3. The van der Waals surface area contributed by atoms with Crippen molar-refractivity contribution in [1.82, 2.24) is 15.5 Å². The van der Waals surface area contributed by atoms with E-state index in [9.17, 15) is 9.59 Å². The Labute approximate surface area is 106 Å². The lowest BCUT2D eigenvalue weighted by molar-refractivity contribution is -0.124. The number of carbonyl (C=O) groups excluding carboxylic acids is 2. The SMILES string of the molecule is C=CC(=O)N[C@@H](CC(C)C)C(=O)Nc1ccn[nH]1. The number of nitrogens with zero attached hydrogens (tertiary/aromatic N) is 1. The molecule has 6 heteroatoms.